The van der Waals surface area contributed by atoms with Crippen LogP contribution < -0.4 is 5.73 Å². The van der Waals surface area contributed by atoms with E-state index in [1.165, 1.54) is 30.1 Å². The number of carbonyl (C=O) groups is 1. The predicted octanol–water partition coefficient (Wildman–Crippen LogP) is 0.840. The van der Waals surface area contributed by atoms with E-state index >= 15 is 0 Å². The first kappa shape index (κ1) is 17.7. The third-order valence-electron chi connectivity index (χ3n) is 3.18. The molecular weight excluding hydrogens is 308 g/mol. The second-order valence-electron chi connectivity index (χ2n) is 5.27. The number of hydrogen-bond acceptors (Lipinski definition) is 5. The fraction of sp³-hybridized carbons (Fsp3) is 0.500. The quantitative estimate of drug-likeness (QED) is 0.831. The van der Waals surface area contributed by atoms with Crippen LogP contribution in [0.2, 0.25) is 0 Å². The van der Waals surface area contributed by atoms with Gasteiger partial charge in [-0.15, -0.1) is 11.3 Å². The molecule has 1 aromatic heterocycles. The minimum absolute atomic E-state index is 0.300. The van der Waals surface area contributed by atoms with Gasteiger partial charge in [0.15, 0.2) is 9.84 Å². The predicted molar refractivity (Wildman–Crippen MR) is 85.6 cm³/mol. The van der Waals surface area contributed by atoms with Crippen LogP contribution in [0.4, 0.5) is 0 Å². The van der Waals surface area contributed by atoms with E-state index in [1.807, 2.05) is 11.4 Å². The average Bonchev–Trinajstić information content (AvgIpc) is 2.81. The highest BCUT2D eigenvalue weighted by Crippen LogP contribution is 2.21. The Bertz CT molecular complexity index is 679. The zero-order chi connectivity index (χ0) is 16.3. The summed E-state index contributed by atoms with van der Waals surface area (Å²) in [5.74, 6) is 5.27. The second-order valence-corrected chi connectivity index (χ2v) is 8.74. The number of sulfone groups is 1. The van der Waals surface area contributed by atoms with E-state index in [0.29, 0.717) is 13.1 Å². The molecule has 5 nitrogen and oxygen atoms in total. The van der Waals surface area contributed by atoms with Gasteiger partial charge in [0.25, 0.3) is 0 Å². The summed E-state index contributed by atoms with van der Waals surface area (Å²) >= 11 is 1.47. The van der Waals surface area contributed by atoms with Gasteiger partial charge in [-0.2, -0.15) is 0 Å². The normalized spacial score (nSPS) is 11.7. The van der Waals surface area contributed by atoms with Crippen molar-refractivity contribution < 1.29 is 13.2 Å². The molecule has 7 heteroatoms. The molecule has 0 bridgehead atoms. The van der Waals surface area contributed by atoms with Crippen molar-refractivity contribution in [1.82, 2.24) is 4.90 Å². The van der Waals surface area contributed by atoms with Gasteiger partial charge in [0, 0.05) is 19.8 Å². The molecule has 0 aliphatic rings. The minimum atomic E-state index is -3.47. The Morgan fingerprint density at radius 2 is 2.10 bits per heavy atom. The van der Waals surface area contributed by atoms with Crippen molar-refractivity contribution in [2.45, 2.75) is 25.1 Å². The molecule has 0 unspecified atom stereocenters. The molecule has 1 amide bonds. The number of nitrogens with two attached hydrogens (primary N) is 1. The number of rotatable bonds is 4. The van der Waals surface area contributed by atoms with Crippen LogP contribution in [0.3, 0.4) is 0 Å². The lowest BCUT2D eigenvalue weighted by Gasteiger charge is -2.27. The van der Waals surface area contributed by atoms with Crippen LogP contribution >= 0.6 is 11.3 Å². The zero-order valence-electron chi connectivity index (χ0n) is 12.6. The molecule has 0 fully saturated rings. The summed E-state index contributed by atoms with van der Waals surface area (Å²) in [6.07, 6.45) is 1.07. The average molecular weight is 328 g/mol. The molecule has 1 rings (SSSR count). The summed E-state index contributed by atoms with van der Waals surface area (Å²) < 4.78 is 22.0. The second kappa shape index (κ2) is 6.60. The van der Waals surface area contributed by atoms with Gasteiger partial charge in [-0.05, 0) is 30.9 Å². The molecule has 0 aliphatic heterocycles. The van der Waals surface area contributed by atoms with Crippen molar-refractivity contribution in [2.24, 2.45) is 5.73 Å². The molecular formula is C14H20N2O3S2. The third kappa shape index (κ3) is 4.30. The van der Waals surface area contributed by atoms with E-state index < -0.39 is 20.5 Å². The van der Waals surface area contributed by atoms with Crippen LogP contribution in [0.25, 0.3) is 0 Å². The van der Waals surface area contributed by atoms with Gasteiger partial charge >= 0.3 is 0 Å². The number of carbonyl (C=O) groups excluding carboxylic acids is 1. The van der Waals surface area contributed by atoms with Crippen LogP contribution in [-0.4, -0.2) is 43.8 Å². The summed E-state index contributed by atoms with van der Waals surface area (Å²) in [5, 5.41) is 1.90. The van der Waals surface area contributed by atoms with E-state index in [0.717, 1.165) is 16.7 Å². The Balaban J connectivity index is 2.84. The molecule has 116 valence electrons. The molecule has 0 aromatic carbocycles. The first-order valence-electron chi connectivity index (χ1n) is 6.31. The van der Waals surface area contributed by atoms with E-state index in [9.17, 15) is 13.2 Å². The largest absolute Gasteiger partial charge is 0.340 e. The monoisotopic (exact) mass is 328 g/mol. The standard InChI is InChI=1S/C14H20N2O3S2/c1-14(2,21(4,18)19)13(17)16(3)9-11-8-12(20-10-11)6-5-7-15/h8,10H,7,9,15H2,1-4H3. The zero-order valence-corrected chi connectivity index (χ0v) is 14.3. The molecule has 21 heavy (non-hydrogen) atoms. The van der Waals surface area contributed by atoms with Crippen LogP contribution in [0.1, 0.15) is 24.3 Å². The Hall–Kier alpha value is -1.36. The first-order chi connectivity index (χ1) is 9.59. The number of thiophene rings is 1. The van der Waals surface area contributed by atoms with Gasteiger partial charge in [0.1, 0.15) is 4.75 Å². The topological polar surface area (TPSA) is 80.5 Å². The van der Waals surface area contributed by atoms with Crippen molar-refractivity contribution in [2.75, 3.05) is 19.8 Å². The maximum Gasteiger partial charge on any atom is 0.243 e. The van der Waals surface area contributed by atoms with E-state index in [-0.39, 0.29) is 0 Å². The third-order valence-corrected chi connectivity index (χ3v) is 6.10. The molecule has 1 heterocycles. The lowest BCUT2D eigenvalue weighted by atomic mass is 10.1. The SMILES string of the molecule is CN(Cc1csc(C#CCN)c1)C(=O)C(C)(C)S(C)(=O)=O. The first-order valence-corrected chi connectivity index (χ1v) is 9.08. The molecule has 0 aliphatic carbocycles. The summed E-state index contributed by atoms with van der Waals surface area (Å²) in [6, 6.07) is 1.88. The van der Waals surface area contributed by atoms with Crippen LogP contribution in [-0.2, 0) is 21.2 Å². The van der Waals surface area contributed by atoms with E-state index in [4.69, 9.17) is 5.73 Å². The number of hydrogen-bond donors (Lipinski definition) is 1. The fourth-order valence-corrected chi connectivity index (χ4v) is 2.87. The highest BCUT2D eigenvalue weighted by atomic mass is 32.2. The van der Waals surface area contributed by atoms with Crippen molar-refractivity contribution in [3.8, 4) is 11.8 Å². The smallest absolute Gasteiger partial charge is 0.243 e. The Labute approximate surface area is 130 Å². The van der Waals surface area contributed by atoms with Crippen molar-refractivity contribution in [3.05, 3.63) is 21.9 Å². The van der Waals surface area contributed by atoms with Gasteiger partial charge in [-0.1, -0.05) is 11.8 Å². The molecule has 0 atom stereocenters. The Morgan fingerprint density at radius 3 is 2.62 bits per heavy atom. The molecule has 2 N–H and O–H groups in total. The maximum absolute atomic E-state index is 12.3. The van der Waals surface area contributed by atoms with Gasteiger partial charge in [0.2, 0.25) is 5.91 Å². The summed E-state index contributed by atoms with van der Waals surface area (Å²) in [5.41, 5.74) is 6.23. The van der Waals surface area contributed by atoms with Crippen molar-refractivity contribution in [1.29, 1.82) is 0 Å². The fourth-order valence-electron chi connectivity index (χ4n) is 1.63. The Kier molecular flexibility index (Phi) is 5.56. The minimum Gasteiger partial charge on any atom is -0.340 e. The van der Waals surface area contributed by atoms with Crippen LogP contribution in [0, 0.1) is 11.8 Å². The summed E-state index contributed by atoms with van der Waals surface area (Å²) in [6.45, 7) is 3.49. The number of nitrogens with zero attached hydrogens (tertiary/aromatic N) is 1. The molecule has 0 saturated heterocycles. The van der Waals surface area contributed by atoms with Crippen LogP contribution in [0.15, 0.2) is 11.4 Å². The number of amides is 1. The molecule has 0 radical (unpaired) electrons. The van der Waals surface area contributed by atoms with E-state index in [1.54, 1.807) is 7.05 Å². The summed E-state index contributed by atoms with van der Waals surface area (Å²) in [4.78, 5) is 14.6. The van der Waals surface area contributed by atoms with Gasteiger partial charge < -0.3 is 10.6 Å². The lowest BCUT2D eigenvalue weighted by molar-refractivity contribution is -0.132. The van der Waals surface area contributed by atoms with Gasteiger partial charge in [0.05, 0.1) is 11.4 Å². The van der Waals surface area contributed by atoms with Gasteiger partial charge in [-0.3, -0.25) is 4.79 Å². The Morgan fingerprint density at radius 1 is 1.48 bits per heavy atom. The van der Waals surface area contributed by atoms with Crippen LogP contribution in [0.5, 0.6) is 0 Å². The summed E-state index contributed by atoms with van der Waals surface area (Å²) in [7, 11) is -1.88. The molecule has 0 spiro atoms. The maximum atomic E-state index is 12.3. The highest BCUT2D eigenvalue weighted by molar-refractivity contribution is 7.92. The highest BCUT2D eigenvalue weighted by Gasteiger charge is 2.40. The van der Waals surface area contributed by atoms with Crippen molar-refractivity contribution >= 4 is 27.1 Å². The van der Waals surface area contributed by atoms with Crippen molar-refractivity contribution in [3.63, 3.8) is 0 Å². The lowest BCUT2D eigenvalue weighted by Crippen LogP contribution is -2.47. The van der Waals surface area contributed by atoms with E-state index in [2.05, 4.69) is 11.8 Å². The van der Waals surface area contributed by atoms with Gasteiger partial charge in [-0.25, -0.2) is 8.42 Å². The molecule has 1 aromatic rings. The molecule has 0 saturated carbocycles.